The van der Waals surface area contributed by atoms with Crippen LogP contribution in [0.1, 0.15) is 44.6 Å². The SMILES string of the molecule is CC(NC(=O)/C=C/c1ccccc1)C(=O)NCCC(=O)N1CCCCCC1. The minimum atomic E-state index is -0.661. The zero-order chi connectivity index (χ0) is 19.5. The standard InChI is InChI=1S/C21H29N3O3/c1-17(23-19(25)12-11-18-9-5-4-6-10-18)21(27)22-14-13-20(26)24-15-7-2-3-8-16-24/h4-6,9-12,17H,2-3,7-8,13-16H2,1H3,(H,22,27)(H,23,25)/b12-11+. The molecule has 0 aliphatic carbocycles. The van der Waals surface area contributed by atoms with Crippen molar-refractivity contribution in [3.05, 3.63) is 42.0 Å². The van der Waals surface area contributed by atoms with Crippen molar-refractivity contribution in [3.8, 4) is 0 Å². The predicted octanol–water partition coefficient (Wildman–Crippen LogP) is 2.11. The fraction of sp³-hybridized carbons (Fsp3) is 0.476. The molecule has 6 heteroatoms. The molecule has 1 heterocycles. The summed E-state index contributed by atoms with van der Waals surface area (Å²) in [7, 11) is 0. The number of likely N-dealkylation sites (tertiary alicyclic amines) is 1. The molecule has 0 saturated carbocycles. The number of hydrogen-bond donors (Lipinski definition) is 2. The van der Waals surface area contributed by atoms with Gasteiger partial charge in [0.05, 0.1) is 0 Å². The average Bonchev–Trinajstić information content (AvgIpc) is 2.96. The second kappa shape index (κ2) is 11.2. The van der Waals surface area contributed by atoms with E-state index in [0.29, 0.717) is 6.42 Å². The Labute approximate surface area is 161 Å². The van der Waals surface area contributed by atoms with Crippen LogP contribution in [0.3, 0.4) is 0 Å². The summed E-state index contributed by atoms with van der Waals surface area (Å²) in [4.78, 5) is 38.1. The van der Waals surface area contributed by atoms with E-state index in [9.17, 15) is 14.4 Å². The van der Waals surface area contributed by atoms with Gasteiger partial charge in [-0.25, -0.2) is 0 Å². The highest BCUT2D eigenvalue weighted by molar-refractivity contribution is 5.95. The molecular formula is C21H29N3O3. The van der Waals surface area contributed by atoms with Crippen LogP contribution in [-0.4, -0.2) is 48.3 Å². The van der Waals surface area contributed by atoms with Crippen LogP contribution in [0.25, 0.3) is 6.08 Å². The van der Waals surface area contributed by atoms with Crippen molar-refractivity contribution in [2.24, 2.45) is 0 Å². The Morgan fingerprint density at radius 3 is 2.41 bits per heavy atom. The zero-order valence-corrected chi connectivity index (χ0v) is 15.9. The van der Waals surface area contributed by atoms with Gasteiger partial charge in [-0.15, -0.1) is 0 Å². The maximum atomic E-state index is 12.2. The molecule has 1 aromatic rings. The summed E-state index contributed by atoms with van der Waals surface area (Å²) < 4.78 is 0. The molecule has 146 valence electrons. The molecule has 1 fully saturated rings. The Kier molecular flexibility index (Phi) is 8.55. The molecule has 0 radical (unpaired) electrons. The molecule has 1 aliphatic heterocycles. The quantitative estimate of drug-likeness (QED) is 0.721. The van der Waals surface area contributed by atoms with Crippen molar-refractivity contribution in [2.75, 3.05) is 19.6 Å². The summed E-state index contributed by atoms with van der Waals surface area (Å²) in [5.74, 6) is -0.540. The topological polar surface area (TPSA) is 78.5 Å². The Bertz CT molecular complexity index is 650. The molecule has 27 heavy (non-hydrogen) atoms. The number of rotatable bonds is 7. The van der Waals surface area contributed by atoms with Gasteiger partial charge < -0.3 is 15.5 Å². The summed E-state index contributed by atoms with van der Waals surface area (Å²) in [5, 5.41) is 5.35. The minimum Gasteiger partial charge on any atom is -0.354 e. The average molecular weight is 371 g/mol. The number of carbonyl (C=O) groups excluding carboxylic acids is 3. The molecule has 3 amide bonds. The lowest BCUT2D eigenvalue weighted by molar-refractivity contribution is -0.131. The van der Waals surface area contributed by atoms with Crippen molar-refractivity contribution < 1.29 is 14.4 Å². The van der Waals surface area contributed by atoms with Crippen LogP contribution in [0, 0.1) is 0 Å². The van der Waals surface area contributed by atoms with Crippen LogP contribution >= 0.6 is 0 Å². The van der Waals surface area contributed by atoms with E-state index in [1.165, 1.54) is 18.9 Å². The maximum Gasteiger partial charge on any atom is 0.244 e. The Morgan fingerprint density at radius 1 is 1.07 bits per heavy atom. The lowest BCUT2D eigenvalue weighted by Gasteiger charge is -2.20. The molecule has 2 N–H and O–H groups in total. The van der Waals surface area contributed by atoms with E-state index < -0.39 is 6.04 Å². The van der Waals surface area contributed by atoms with E-state index in [0.717, 1.165) is 31.5 Å². The molecule has 1 saturated heterocycles. The van der Waals surface area contributed by atoms with Gasteiger partial charge in [0, 0.05) is 32.1 Å². The molecule has 0 spiro atoms. The first-order valence-corrected chi connectivity index (χ1v) is 9.65. The zero-order valence-electron chi connectivity index (χ0n) is 15.9. The van der Waals surface area contributed by atoms with Crippen LogP contribution in [0.2, 0.25) is 0 Å². The second-order valence-electron chi connectivity index (χ2n) is 6.81. The number of nitrogens with zero attached hydrogens (tertiary/aromatic N) is 1. The molecule has 1 aliphatic rings. The summed E-state index contributed by atoms with van der Waals surface area (Å²) >= 11 is 0. The van der Waals surface area contributed by atoms with E-state index in [2.05, 4.69) is 10.6 Å². The van der Waals surface area contributed by atoms with Crippen LogP contribution in [0.5, 0.6) is 0 Å². The van der Waals surface area contributed by atoms with Crippen molar-refractivity contribution >= 4 is 23.8 Å². The van der Waals surface area contributed by atoms with Crippen molar-refractivity contribution in [1.82, 2.24) is 15.5 Å². The van der Waals surface area contributed by atoms with E-state index in [-0.39, 0.29) is 24.3 Å². The Morgan fingerprint density at radius 2 is 1.74 bits per heavy atom. The smallest absolute Gasteiger partial charge is 0.244 e. The van der Waals surface area contributed by atoms with Gasteiger partial charge in [-0.1, -0.05) is 43.2 Å². The third-order valence-electron chi connectivity index (χ3n) is 4.58. The van der Waals surface area contributed by atoms with Crippen LogP contribution in [-0.2, 0) is 14.4 Å². The van der Waals surface area contributed by atoms with Crippen molar-refractivity contribution in [2.45, 2.75) is 45.1 Å². The molecule has 2 rings (SSSR count). The molecule has 1 atom stereocenters. The summed E-state index contributed by atoms with van der Waals surface area (Å²) in [6.45, 7) is 3.54. The number of carbonyl (C=O) groups is 3. The first-order chi connectivity index (χ1) is 13.1. The third kappa shape index (κ3) is 7.64. The molecule has 0 bridgehead atoms. The third-order valence-corrected chi connectivity index (χ3v) is 4.58. The molecule has 0 aromatic heterocycles. The predicted molar refractivity (Wildman–Crippen MR) is 106 cm³/mol. The number of hydrogen-bond acceptors (Lipinski definition) is 3. The van der Waals surface area contributed by atoms with E-state index >= 15 is 0 Å². The number of benzene rings is 1. The van der Waals surface area contributed by atoms with Gasteiger partial charge in [0.1, 0.15) is 6.04 Å². The van der Waals surface area contributed by atoms with Gasteiger partial charge in [0.25, 0.3) is 0 Å². The lowest BCUT2D eigenvalue weighted by atomic mass is 10.2. The highest BCUT2D eigenvalue weighted by Gasteiger charge is 2.17. The largest absolute Gasteiger partial charge is 0.354 e. The molecule has 6 nitrogen and oxygen atoms in total. The van der Waals surface area contributed by atoms with E-state index in [1.807, 2.05) is 35.2 Å². The Hall–Kier alpha value is -2.63. The fourth-order valence-corrected chi connectivity index (χ4v) is 2.99. The van der Waals surface area contributed by atoms with Crippen LogP contribution in [0.15, 0.2) is 36.4 Å². The summed E-state index contributed by atoms with van der Waals surface area (Å²) in [6, 6.07) is 8.80. The maximum absolute atomic E-state index is 12.2. The lowest BCUT2D eigenvalue weighted by Crippen LogP contribution is -2.45. The molecular weight excluding hydrogens is 342 g/mol. The van der Waals surface area contributed by atoms with Gasteiger partial charge in [-0.05, 0) is 31.4 Å². The van der Waals surface area contributed by atoms with Gasteiger partial charge in [-0.2, -0.15) is 0 Å². The monoisotopic (exact) mass is 371 g/mol. The van der Waals surface area contributed by atoms with Gasteiger partial charge in [0.15, 0.2) is 0 Å². The normalized spacial score (nSPS) is 15.8. The van der Waals surface area contributed by atoms with E-state index in [1.54, 1.807) is 13.0 Å². The van der Waals surface area contributed by atoms with E-state index in [4.69, 9.17) is 0 Å². The van der Waals surface area contributed by atoms with Crippen LogP contribution in [0.4, 0.5) is 0 Å². The highest BCUT2D eigenvalue weighted by Crippen LogP contribution is 2.10. The van der Waals surface area contributed by atoms with Gasteiger partial charge in [0.2, 0.25) is 17.7 Å². The fourth-order valence-electron chi connectivity index (χ4n) is 2.99. The van der Waals surface area contributed by atoms with Crippen LogP contribution < -0.4 is 10.6 Å². The minimum absolute atomic E-state index is 0.0830. The van der Waals surface area contributed by atoms with Crippen molar-refractivity contribution in [1.29, 1.82) is 0 Å². The van der Waals surface area contributed by atoms with Crippen molar-refractivity contribution in [3.63, 3.8) is 0 Å². The van der Waals surface area contributed by atoms with Gasteiger partial charge >= 0.3 is 0 Å². The molecule has 1 aromatic carbocycles. The first-order valence-electron chi connectivity index (χ1n) is 9.65. The summed E-state index contributed by atoms with van der Waals surface area (Å²) in [5.41, 5.74) is 0.914. The first kappa shape index (κ1) is 20.7. The van der Waals surface area contributed by atoms with Gasteiger partial charge in [-0.3, -0.25) is 14.4 Å². The molecule has 1 unspecified atom stereocenters. The number of nitrogens with one attached hydrogen (secondary N) is 2. The Balaban J connectivity index is 1.68. The second-order valence-corrected chi connectivity index (χ2v) is 6.81. The highest BCUT2D eigenvalue weighted by atomic mass is 16.2. The number of amides is 3. The summed E-state index contributed by atoms with van der Waals surface area (Å²) in [6.07, 6.45) is 7.85.